The molecule has 2 heterocycles. The molecular weight excluding hydrogens is 364 g/mol. The van der Waals surface area contributed by atoms with Crippen LogP contribution < -0.4 is 10.9 Å². The summed E-state index contributed by atoms with van der Waals surface area (Å²) in [6, 6.07) is 18.1. The number of nitrogens with zero attached hydrogens (tertiary/aromatic N) is 2. The van der Waals surface area contributed by atoms with Gasteiger partial charge in [0.1, 0.15) is 5.52 Å². The number of rotatable bonds is 7. The zero-order chi connectivity index (χ0) is 20.2. The van der Waals surface area contributed by atoms with Gasteiger partial charge in [0.05, 0.1) is 6.20 Å². The first-order valence-corrected chi connectivity index (χ1v) is 9.91. The van der Waals surface area contributed by atoms with Crippen molar-refractivity contribution in [3.63, 3.8) is 0 Å². The van der Waals surface area contributed by atoms with E-state index in [1.165, 1.54) is 5.56 Å². The second-order valence-corrected chi connectivity index (χ2v) is 7.35. The van der Waals surface area contributed by atoms with Crippen LogP contribution in [0.15, 0.2) is 65.6 Å². The van der Waals surface area contributed by atoms with E-state index >= 15 is 0 Å². The van der Waals surface area contributed by atoms with Gasteiger partial charge in [0.15, 0.2) is 0 Å². The summed E-state index contributed by atoms with van der Waals surface area (Å²) in [5.74, 6) is 0.299. The number of para-hydroxylation sites is 1. The Labute approximate surface area is 168 Å². The molecule has 6 nitrogen and oxygen atoms in total. The number of benzene rings is 2. The fraction of sp³-hybridized carbons (Fsp3) is 0.261. The van der Waals surface area contributed by atoms with Crippen molar-refractivity contribution in [1.29, 1.82) is 0 Å². The highest BCUT2D eigenvalue weighted by atomic mass is 16.1. The van der Waals surface area contributed by atoms with Crippen molar-refractivity contribution < 1.29 is 4.79 Å². The summed E-state index contributed by atoms with van der Waals surface area (Å²) in [7, 11) is 0. The Bertz CT molecular complexity index is 1190. The molecule has 1 atom stereocenters. The maximum atomic E-state index is 12.4. The van der Waals surface area contributed by atoms with Gasteiger partial charge in [-0.2, -0.15) is 5.10 Å². The third kappa shape index (κ3) is 3.92. The van der Waals surface area contributed by atoms with E-state index < -0.39 is 0 Å². The summed E-state index contributed by atoms with van der Waals surface area (Å²) in [5.41, 5.74) is 2.60. The van der Waals surface area contributed by atoms with E-state index in [1.54, 1.807) is 6.20 Å². The Morgan fingerprint density at radius 2 is 1.86 bits per heavy atom. The lowest BCUT2D eigenvalue weighted by molar-refractivity contribution is -0.121. The molecule has 1 amide bonds. The average Bonchev–Trinajstić information content (AvgIpc) is 3.08. The molecule has 2 N–H and O–H groups in total. The third-order valence-electron chi connectivity index (χ3n) is 5.34. The van der Waals surface area contributed by atoms with Gasteiger partial charge in [-0.25, -0.2) is 5.10 Å². The normalized spacial score (nSPS) is 12.3. The van der Waals surface area contributed by atoms with Crippen LogP contribution in [0.4, 0.5) is 0 Å². The number of H-pyrrole nitrogens is 1. The monoisotopic (exact) mass is 388 g/mol. The van der Waals surface area contributed by atoms with Gasteiger partial charge >= 0.3 is 0 Å². The number of aromatic nitrogens is 3. The summed E-state index contributed by atoms with van der Waals surface area (Å²) in [5, 5.41) is 11.3. The molecule has 6 heteroatoms. The number of amides is 1. The van der Waals surface area contributed by atoms with E-state index in [2.05, 4.69) is 34.6 Å². The fourth-order valence-electron chi connectivity index (χ4n) is 3.80. The number of carbonyl (C=O) groups excluding carboxylic acids is 1. The van der Waals surface area contributed by atoms with E-state index in [9.17, 15) is 9.59 Å². The summed E-state index contributed by atoms with van der Waals surface area (Å²) in [6.45, 7) is 3.32. The molecule has 2 aromatic heterocycles. The first-order chi connectivity index (χ1) is 14.1. The third-order valence-corrected chi connectivity index (χ3v) is 5.34. The Balaban J connectivity index is 1.41. The number of aryl methyl sites for hydroxylation is 1. The topological polar surface area (TPSA) is 79.8 Å². The predicted octanol–water partition coefficient (Wildman–Crippen LogP) is 3.58. The first-order valence-electron chi connectivity index (χ1n) is 9.91. The summed E-state index contributed by atoms with van der Waals surface area (Å²) in [4.78, 5) is 24.7. The van der Waals surface area contributed by atoms with Crippen molar-refractivity contribution >= 4 is 27.7 Å². The van der Waals surface area contributed by atoms with E-state index in [0.717, 1.165) is 16.3 Å². The summed E-state index contributed by atoms with van der Waals surface area (Å²) < 4.78 is 1.99. The van der Waals surface area contributed by atoms with Crippen LogP contribution in [0.5, 0.6) is 0 Å². The fourth-order valence-corrected chi connectivity index (χ4v) is 3.80. The number of nitrogens with one attached hydrogen (secondary N) is 2. The maximum Gasteiger partial charge on any atom is 0.288 e. The predicted molar refractivity (Wildman–Crippen MR) is 115 cm³/mol. The molecule has 0 aliphatic carbocycles. The summed E-state index contributed by atoms with van der Waals surface area (Å²) in [6.07, 6.45) is 2.76. The Hall–Kier alpha value is -3.41. The highest BCUT2D eigenvalue weighted by molar-refractivity contribution is 6.07. The lowest BCUT2D eigenvalue weighted by atomic mass is 10.0. The van der Waals surface area contributed by atoms with Crippen molar-refractivity contribution in [2.24, 2.45) is 0 Å². The molecule has 0 aliphatic heterocycles. The van der Waals surface area contributed by atoms with Crippen LogP contribution >= 0.6 is 0 Å². The Morgan fingerprint density at radius 3 is 2.69 bits per heavy atom. The molecule has 0 radical (unpaired) electrons. The molecule has 0 bridgehead atoms. The lowest BCUT2D eigenvalue weighted by Gasteiger charge is -2.13. The molecule has 0 aliphatic rings. The molecule has 148 valence electrons. The zero-order valence-electron chi connectivity index (χ0n) is 16.4. The van der Waals surface area contributed by atoms with Crippen molar-refractivity contribution in [2.45, 2.75) is 32.2 Å². The van der Waals surface area contributed by atoms with Crippen LogP contribution in [0.25, 0.3) is 21.8 Å². The molecule has 2 aromatic carbocycles. The SMILES string of the molecule is C[C@@H](CNC(=O)CCCn1c2ccccc2c2cn[nH]c(=O)c21)c1ccccc1. The van der Waals surface area contributed by atoms with Gasteiger partial charge in [-0.1, -0.05) is 55.5 Å². The molecular formula is C23H24N4O2. The molecule has 0 spiro atoms. The number of carbonyl (C=O) groups is 1. The van der Waals surface area contributed by atoms with E-state index in [0.29, 0.717) is 31.4 Å². The van der Waals surface area contributed by atoms with Gasteiger partial charge in [-0.3, -0.25) is 9.59 Å². The van der Waals surface area contributed by atoms with Crippen LogP contribution in [0.2, 0.25) is 0 Å². The quantitative estimate of drug-likeness (QED) is 0.508. The minimum atomic E-state index is -0.208. The van der Waals surface area contributed by atoms with Gasteiger partial charge < -0.3 is 9.88 Å². The minimum Gasteiger partial charge on any atom is -0.356 e. The van der Waals surface area contributed by atoms with Gasteiger partial charge in [0.2, 0.25) is 5.91 Å². The van der Waals surface area contributed by atoms with Crippen molar-refractivity contribution in [3.8, 4) is 0 Å². The second-order valence-electron chi connectivity index (χ2n) is 7.35. The van der Waals surface area contributed by atoms with E-state index in [4.69, 9.17) is 0 Å². The highest BCUT2D eigenvalue weighted by Crippen LogP contribution is 2.26. The molecule has 0 fully saturated rings. The second kappa shape index (κ2) is 8.31. The van der Waals surface area contributed by atoms with Crippen molar-refractivity contribution in [1.82, 2.24) is 20.1 Å². The van der Waals surface area contributed by atoms with Crippen LogP contribution in [-0.2, 0) is 11.3 Å². The van der Waals surface area contributed by atoms with Gasteiger partial charge in [-0.05, 0) is 24.0 Å². The first kappa shape index (κ1) is 18.9. The maximum absolute atomic E-state index is 12.4. The molecule has 4 rings (SSSR count). The molecule has 0 saturated heterocycles. The lowest BCUT2D eigenvalue weighted by Crippen LogP contribution is -2.27. The summed E-state index contributed by atoms with van der Waals surface area (Å²) >= 11 is 0. The molecule has 4 aromatic rings. The van der Waals surface area contributed by atoms with Crippen LogP contribution in [-0.4, -0.2) is 27.2 Å². The van der Waals surface area contributed by atoms with E-state index in [1.807, 2.05) is 47.0 Å². The van der Waals surface area contributed by atoms with Gasteiger partial charge in [0, 0.05) is 35.8 Å². The average molecular weight is 388 g/mol. The minimum absolute atomic E-state index is 0.0316. The Kier molecular flexibility index (Phi) is 5.42. The number of aromatic amines is 1. The molecule has 29 heavy (non-hydrogen) atoms. The Morgan fingerprint density at radius 1 is 1.10 bits per heavy atom. The van der Waals surface area contributed by atoms with Crippen LogP contribution in [0.3, 0.4) is 0 Å². The van der Waals surface area contributed by atoms with Crippen molar-refractivity contribution in [3.05, 3.63) is 76.7 Å². The standard InChI is InChI=1S/C23H24N4O2/c1-16(17-8-3-2-4-9-17)14-24-21(28)12-7-13-27-20-11-6-5-10-18(20)19-15-25-26-23(29)22(19)27/h2-6,8-11,15-16H,7,12-14H2,1H3,(H,24,28)(H,26,29)/t16-/m0/s1. The van der Waals surface area contributed by atoms with Crippen LogP contribution in [0, 0.1) is 0 Å². The van der Waals surface area contributed by atoms with Gasteiger partial charge in [0.25, 0.3) is 5.56 Å². The molecule has 0 unspecified atom stereocenters. The smallest absolute Gasteiger partial charge is 0.288 e. The van der Waals surface area contributed by atoms with E-state index in [-0.39, 0.29) is 17.4 Å². The number of hydrogen-bond acceptors (Lipinski definition) is 3. The van der Waals surface area contributed by atoms with Crippen LogP contribution in [0.1, 0.15) is 31.2 Å². The van der Waals surface area contributed by atoms with Crippen molar-refractivity contribution in [2.75, 3.05) is 6.54 Å². The highest BCUT2D eigenvalue weighted by Gasteiger charge is 2.14. The number of hydrogen-bond donors (Lipinski definition) is 2. The molecule has 0 saturated carbocycles. The van der Waals surface area contributed by atoms with Gasteiger partial charge in [-0.15, -0.1) is 0 Å². The number of fused-ring (bicyclic) bond motifs is 3. The zero-order valence-corrected chi connectivity index (χ0v) is 16.4. The largest absolute Gasteiger partial charge is 0.356 e.